The van der Waals surface area contributed by atoms with E-state index >= 15 is 0 Å². The van der Waals surface area contributed by atoms with Crippen LogP contribution in [-0.4, -0.2) is 81.9 Å². The van der Waals surface area contributed by atoms with Crippen molar-refractivity contribution in [2.24, 2.45) is 11.7 Å². The van der Waals surface area contributed by atoms with Gasteiger partial charge in [-0.1, -0.05) is 13.8 Å². The third kappa shape index (κ3) is 10.5. The summed E-state index contributed by atoms with van der Waals surface area (Å²) >= 11 is 5.43. The molecular formula is C18H34N4O6S2. The fourth-order valence-corrected chi connectivity index (χ4v) is 3.20. The Morgan fingerprint density at radius 1 is 1.00 bits per heavy atom. The van der Waals surface area contributed by atoms with E-state index in [0.29, 0.717) is 12.2 Å². The highest BCUT2D eigenvalue weighted by atomic mass is 32.2. The van der Waals surface area contributed by atoms with Crippen molar-refractivity contribution < 1.29 is 29.4 Å². The molecule has 0 aromatic heterocycles. The number of aliphatic hydroxyl groups is 1. The third-order valence-electron chi connectivity index (χ3n) is 4.17. The molecule has 12 heteroatoms. The van der Waals surface area contributed by atoms with Gasteiger partial charge in [0.25, 0.3) is 0 Å². The first kappa shape index (κ1) is 28.5. The van der Waals surface area contributed by atoms with Crippen molar-refractivity contribution in [2.75, 3.05) is 17.8 Å². The number of aliphatic hydroxyl groups excluding tert-OH is 1. The Labute approximate surface area is 186 Å². The second kappa shape index (κ2) is 14.5. The highest BCUT2D eigenvalue weighted by molar-refractivity contribution is 7.98. The lowest BCUT2D eigenvalue weighted by atomic mass is 10.0. The maximum absolute atomic E-state index is 12.7. The number of carbonyl (C=O) groups excluding carboxylic acids is 3. The highest BCUT2D eigenvalue weighted by Crippen LogP contribution is 2.07. The molecule has 0 aromatic carbocycles. The van der Waals surface area contributed by atoms with Crippen LogP contribution in [0.15, 0.2) is 0 Å². The van der Waals surface area contributed by atoms with E-state index in [1.54, 1.807) is 0 Å². The zero-order valence-corrected chi connectivity index (χ0v) is 19.5. The summed E-state index contributed by atoms with van der Waals surface area (Å²) in [6.45, 7) is 4.99. The van der Waals surface area contributed by atoms with Crippen LogP contribution in [0.2, 0.25) is 0 Å². The predicted octanol–water partition coefficient (Wildman–Crippen LogP) is -1.04. The zero-order chi connectivity index (χ0) is 23.4. The monoisotopic (exact) mass is 466 g/mol. The summed E-state index contributed by atoms with van der Waals surface area (Å²) in [6, 6.07) is -4.43. The van der Waals surface area contributed by atoms with Gasteiger partial charge in [-0.15, -0.1) is 0 Å². The van der Waals surface area contributed by atoms with Gasteiger partial charge in [-0.2, -0.15) is 24.4 Å². The topological polar surface area (TPSA) is 171 Å². The molecule has 0 saturated heterocycles. The van der Waals surface area contributed by atoms with Crippen molar-refractivity contribution >= 4 is 48.1 Å². The lowest BCUT2D eigenvalue weighted by molar-refractivity contribution is -0.141. The Kier molecular flexibility index (Phi) is 13.8. The minimum Gasteiger partial charge on any atom is -0.480 e. The molecule has 0 aliphatic heterocycles. The minimum absolute atomic E-state index is 0.000105. The molecule has 0 saturated carbocycles. The number of nitrogens with one attached hydrogen (secondary N) is 3. The lowest BCUT2D eigenvalue weighted by Crippen LogP contribution is -2.60. The molecule has 3 amide bonds. The summed E-state index contributed by atoms with van der Waals surface area (Å²) < 4.78 is 0. The number of carboxylic acids is 1. The summed E-state index contributed by atoms with van der Waals surface area (Å²) in [7, 11) is 0. The van der Waals surface area contributed by atoms with Crippen LogP contribution in [0.5, 0.6) is 0 Å². The van der Waals surface area contributed by atoms with Gasteiger partial charge in [0.1, 0.15) is 18.1 Å². The van der Waals surface area contributed by atoms with E-state index in [-0.39, 0.29) is 18.1 Å². The molecule has 7 N–H and O–H groups in total. The number of carbonyl (C=O) groups is 4. The fraction of sp³-hybridized carbons (Fsp3) is 0.778. The van der Waals surface area contributed by atoms with Crippen molar-refractivity contribution in [3.8, 4) is 0 Å². The van der Waals surface area contributed by atoms with Gasteiger partial charge < -0.3 is 31.9 Å². The fourth-order valence-electron chi connectivity index (χ4n) is 2.46. The lowest BCUT2D eigenvalue weighted by Gasteiger charge is -2.27. The van der Waals surface area contributed by atoms with E-state index in [4.69, 9.17) is 10.8 Å². The zero-order valence-electron chi connectivity index (χ0n) is 17.8. The first-order valence-electron chi connectivity index (χ1n) is 9.61. The van der Waals surface area contributed by atoms with Crippen LogP contribution in [0, 0.1) is 5.92 Å². The van der Waals surface area contributed by atoms with E-state index in [9.17, 15) is 24.3 Å². The van der Waals surface area contributed by atoms with E-state index in [2.05, 4.69) is 28.6 Å². The average molecular weight is 467 g/mol. The van der Waals surface area contributed by atoms with Crippen LogP contribution in [-0.2, 0) is 19.2 Å². The molecule has 0 spiro atoms. The summed E-state index contributed by atoms with van der Waals surface area (Å²) in [5.74, 6) is -2.76. The minimum atomic E-state index is -1.32. The molecular weight excluding hydrogens is 432 g/mol. The molecule has 0 aliphatic rings. The Hall–Kier alpha value is -1.50. The molecule has 0 bridgehead atoms. The van der Waals surface area contributed by atoms with Crippen molar-refractivity contribution in [3.63, 3.8) is 0 Å². The molecule has 5 unspecified atom stereocenters. The molecule has 0 fully saturated rings. The van der Waals surface area contributed by atoms with E-state index in [0.717, 1.165) is 0 Å². The second-order valence-corrected chi connectivity index (χ2v) is 8.74. The number of thioether (sulfide) groups is 1. The number of amides is 3. The summed E-state index contributed by atoms with van der Waals surface area (Å²) in [5.41, 5.74) is 5.80. The van der Waals surface area contributed by atoms with Gasteiger partial charge in [0.05, 0.1) is 12.1 Å². The van der Waals surface area contributed by atoms with Crippen LogP contribution in [0.1, 0.15) is 33.6 Å². The number of carboxylic acid groups (broad SMARTS) is 1. The van der Waals surface area contributed by atoms with E-state index in [1.807, 2.05) is 20.1 Å². The van der Waals surface area contributed by atoms with Gasteiger partial charge in [0.15, 0.2) is 0 Å². The number of hydrogen-bond donors (Lipinski definition) is 7. The Bertz CT molecular complexity index is 591. The normalized spacial score (nSPS) is 16.1. The van der Waals surface area contributed by atoms with Crippen LogP contribution >= 0.6 is 24.4 Å². The number of aliphatic carboxylic acids is 1. The molecule has 0 aromatic rings. The standard InChI is InChI=1S/C18H34N4O6S2/c1-9(2)7-12(16(25)21-13(8-29)18(27)28)20-17(26)14(10(3)23)22-15(24)11(19)5-6-30-4/h9-14,23,29H,5-8,19H2,1-4H3,(H,20,26)(H,21,25)(H,22,24)(H,27,28). The summed E-state index contributed by atoms with van der Waals surface area (Å²) in [6.07, 6.45) is 1.26. The van der Waals surface area contributed by atoms with Gasteiger partial charge in [-0.05, 0) is 37.7 Å². The quantitative estimate of drug-likeness (QED) is 0.159. The van der Waals surface area contributed by atoms with Crippen molar-refractivity contribution in [1.29, 1.82) is 0 Å². The third-order valence-corrected chi connectivity index (χ3v) is 5.18. The number of thiol groups is 1. The maximum Gasteiger partial charge on any atom is 0.327 e. The van der Waals surface area contributed by atoms with E-state index < -0.39 is 54.0 Å². The van der Waals surface area contributed by atoms with Gasteiger partial charge in [0, 0.05) is 5.75 Å². The largest absolute Gasteiger partial charge is 0.480 e. The van der Waals surface area contributed by atoms with Crippen molar-refractivity contribution in [3.05, 3.63) is 0 Å². The molecule has 0 rings (SSSR count). The maximum atomic E-state index is 12.7. The smallest absolute Gasteiger partial charge is 0.327 e. The van der Waals surface area contributed by atoms with E-state index in [1.165, 1.54) is 18.7 Å². The van der Waals surface area contributed by atoms with Crippen molar-refractivity contribution in [1.82, 2.24) is 16.0 Å². The van der Waals surface area contributed by atoms with Crippen molar-refractivity contribution in [2.45, 2.75) is 63.9 Å². The molecule has 0 radical (unpaired) electrons. The summed E-state index contributed by atoms with van der Waals surface area (Å²) in [5, 5.41) is 26.3. The number of nitrogens with two attached hydrogens (primary N) is 1. The SMILES string of the molecule is CSCCC(N)C(=O)NC(C(=O)NC(CC(C)C)C(=O)NC(CS)C(=O)O)C(C)O. The predicted molar refractivity (Wildman–Crippen MR) is 119 cm³/mol. The molecule has 30 heavy (non-hydrogen) atoms. The van der Waals surface area contributed by atoms with Gasteiger partial charge in [-0.25, -0.2) is 4.79 Å². The Morgan fingerprint density at radius 3 is 2.00 bits per heavy atom. The molecule has 10 nitrogen and oxygen atoms in total. The number of hydrogen-bond acceptors (Lipinski definition) is 8. The molecule has 174 valence electrons. The first-order valence-corrected chi connectivity index (χ1v) is 11.6. The first-order chi connectivity index (χ1) is 13.9. The molecule has 5 atom stereocenters. The van der Waals surface area contributed by atoms with Gasteiger partial charge in [-0.3, -0.25) is 14.4 Å². The van der Waals surface area contributed by atoms with Gasteiger partial charge >= 0.3 is 5.97 Å². The Morgan fingerprint density at radius 2 is 1.57 bits per heavy atom. The second-order valence-electron chi connectivity index (χ2n) is 7.39. The Balaban J connectivity index is 5.28. The average Bonchev–Trinajstić information content (AvgIpc) is 2.66. The molecule has 0 aliphatic carbocycles. The number of rotatable bonds is 14. The highest BCUT2D eigenvalue weighted by Gasteiger charge is 2.32. The van der Waals surface area contributed by atoms with Crippen LogP contribution < -0.4 is 21.7 Å². The van der Waals surface area contributed by atoms with Gasteiger partial charge in [0.2, 0.25) is 17.7 Å². The van der Waals surface area contributed by atoms with Crippen LogP contribution in [0.4, 0.5) is 0 Å². The van der Waals surface area contributed by atoms with Crippen LogP contribution in [0.3, 0.4) is 0 Å². The summed E-state index contributed by atoms with van der Waals surface area (Å²) in [4.78, 5) is 48.6. The van der Waals surface area contributed by atoms with Crippen LogP contribution in [0.25, 0.3) is 0 Å². The molecule has 0 heterocycles.